The predicted octanol–water partition coefficient (Wildman–Crippen LogP) is 7.20. The van der Waals surface area contributed by atoms with Crippen LogP contribution in [0.15, 0.2) is 0 Å². The average molecular weight is 603 g/mol. The highest BCUT2D eigenvalue weighted by Crippen LogP contribution is 2.65. The predicted molar refractivity (Wildman–Crippen MR) is 174 cm³/mol. The summed E-state index contributed by atoms with van der Waals surface area (Å²) in [6, 6.07) is 0. The van der Waals surface area contributed by atoms with E-state index in [4.69, 9.17) is 9.31 Å². The lowest BCUT2D eigenvalue weighted by Crippen LogP contribution is -2.65. The Labute approximate surface area is 263 Å². The summed E-state index contributed by atoms with van der Waals surface area (Å²) >= 11 is 0. The molecule has 246 valence electrons. The quantitative estimate of drug-likeness (QED) is 0.107. The van der Waals surface area contributed by atoms with E-state index in [-0.39, 0.29) is 53.6 Å². The molecule has 2 amide bonds. The van der Waals surface area contributed by atoms with E-state index < -0.39 is 13.0 Å². The molecule has 0 spiro atoms. The van der Waals surface area contributed by atoms with Crippen LogP contribution in [0, 0.1) is 29.1 Å². The van der Waals surface area contributed by atoms with Crippen LogP contribution in [-0.4, -0.2) is 48.9 Å². The molecule has 4 rings (SSSR count). The third-order valence-electron chi connectivity index (χ3n) is 10.8. The highest BCUT2D eigenvalue weighted by atomic mass is 16.7. The van der Waals surface area contributed by atoms with Crippen LogP contribution in [0.5, 0.6) is 0 Å². The van der Waals surface area contributed by atoms with Gasteiger partial charge in [-0.05, 0) is 62.2 Å². The van der Waals surface area contributed by atoms with E-state index in [1.807, 2.05) is 0 Å². The normalized spacial score (nSPS) is 26.9. The van der Waals surface area contributed by atoms with Crippen molar-refractivity contribution in [1.29, 1.82) is 0 Å². The van der Waals surface area contributed by atoms with Crippen LogP contribution in [0.4, 0.5) is 0 Å². The summed E-state index contributed by atoms with van der Waals surface area (Å²) in [6.45, 7) is 15.7. The topological polar surface area (TPSA) is 93.7 Å². The van der Waals surface area contributed by atoms with Gasteiger partial charge < -0.3 is 19.9 Å². The van der Waals surface area contributed by atoms with Gasteiger partial charge >= 0.3 is 7.12 Å². The molecule has 8 heteroatoms. The molecule has 3 aliphatic carbocycles. The van der Waals surface area contributed by atoms with Gasteiger partial charge in [0.1, 0.15) is 5.78 Å². The first-order chi connectivity index (χ1) is 20.4. The zero-order chi connectivity index (χ0) is 31.6. The molecular weight excluding hydrogens is 539 g/mol. The summed E-state index contributed by atoms with van der Waals surface area (Å²) < 4.78 is 13.3. The molecule has 6 atom stereocenters. The van der Waals surface area contributed by atoms with Gasteiger partial charge in [0.15, 0.2) is 0 Å². The van der Waals surface area contributed by atoms with E-state index in [9.17, 15) is 14.4 Å². The number of amides is 2. The van der Waals surface area contributed by atoms with Crippen LogP contribution in [0.25, 0.3) is 0 Å². The van der Waals surface area contributed by atoms with Crippen molar-refractivity contribution in [3.63, 3.8) is 0 Å². The van der Waals surface area contributed by atoms with Gasteiger partial charge in [0.2, 0.25) is 11.8 Å². The van der Waals surface area contributed by atoms with Gasteiger partial charge in [0.25, 0.3) is 0 Å². The molecule has 1 aliphatic heterocycles. The van der Waals surface area contributed by atoms with Crippen molar-refractivity contribution in [2.24, 2.45) is 29.1 Å². The summed E-state index contributed by atoms with van der Waals surface area (Å²) in [5, 5.41) is 6.21. The van der Waals surface area contributed by atoms with Crippen molar-refractivity contribution in [2.75, 3.05) is 6.54 Å². The van der Waals surface area contributed by atoms with Crippen molar-refractivity contribution >= 4 is 24.7 Å². The molecule has 0 aromatic heterocycles. The number of nitrogens with one attached hydrogen (secondary N) is 2. The fraction of sp³-hybridized carbons (Fsp3) is 0.914. The van der Waals surface area contributed by atoms with Gasteiger partial charge in [-0.2, -0.15) is 0 Å². The van der Waals surface area contributed by atoms with Gasteiger partial charge in [0, 0.05) is 25.8 Å². The van der Waals surface area contributed by atoms with E-state index in [0.717, 1.165) is 51.4 Å². The summed E-state index contributed by atoms with van der Waals surface area (Å²) in [4.78, 5) is 39.4. The third-order valence-corrected chi connectivity index (χ3v) is 10.8. The molecule has 4 fully saturated rings. The van der Waals surface area contributed by atoms with E-state index in [1.165, 1.54) is 32.1 Å². The maximum absolute atomic E-state index is 13.8. The molecule has 0 radical (unpaired) electrons. The van der Waals surface area contributed by atoms with Crippen LogP contribution in [-0.2, 0) is 23.7 Å². The minimum atomic E-state index is -0.604. The number of Topliss-reactive ketones (excluding diaryl/α,β-unsaturated/α-hetero) is 1. The van der Waals surface area contributed by atoms with Gasteiger partial charge in [0.05, 0.1) is 23.6 Å². The molecule has 0 unspecified atom stereocenters. The number of unbranched alkanes of at least 4 members (excludes halogenated alkanes) is 8. The van der Waals surface area contributed by atoms with Crippen LogP contribution < -0.4 is 10.6 Å². The lowest BCUT2D eigenvalue weighted by atomic mass is 9.43. The Kier molecular flexibility index (Phi) is 14.1. The molecule has 1 saturated heterocycles. The van der Waals surface area contributed by atoms with Gasteiger partial charge in [-0.25, -0.2) is 0 Å². The van der Waals surface area contributed by atoms with Gasteiger partial charge in [-0.3, -0.25) is 14.4 Å². The number of hydrogen-bond donors (Lipinski definition) is 2. The summed E-state index contributed by atoms with van der Waals surface area (Å²) in [5.74, 6) is 0.378. The second-order valence-corrected chi connectivity index (χ2v) is 15.2. The molecular formula is C35H63BN2O5. The number of carbonyl (C=O) groups is 3. The molecule has 0 aromatic carbocycles. The zero-order valence-electron chi connectivity index (χ0n) is 28.6. The maximum Gasteiger partial charge on any atom is 0.481 e. The molecule has 2 bridgehead atoms. The molecule has 0 aromatic rings. The Morgan fingerprint density at radius 1 is 0.884 bits per heavy atom. The minimum Gasteiger partial charge on any atom is -0.404 e. The minimum absolute atomic E-state index is 0.0441. The lowest BCUT2D eigenvalue weighted by molar-refractivity contribution is -0.199. The second-order valence-electron chi connectivity index (χ2n) is 15.2. The maximum atomic E-state index is 13.8. The smallest absolute Gasteiger partial charge is 0.404 e. The molecule has 2 N–H and O–H groups in total. The summed E-state index contributed by atoms with van der Waals surface area (Å²) in [6.07, 6.45) is 15.0. The number of hydrogen-bond acceptors (Lipinski definition) is 5. The average Bonchev–Trinajstić information content (AvgIpc) is 3.31. The first-order valence-electron chi connectivity index (χ1n) is 17.8. The van der Waals surface area contributed by atoms with Crippen molar-refractivity contribution in [1.82, 2.24) is 10.6 Å². The molecule has 4 aliphatic rings. The standard InChI is InChI=1S/C35H63BN2O5/c1-8-10-12-13-14-15-17-18-28(39)21-26(24-37-32(40)19-16-11-9-2)33(41)38-31(20-25(3)4)36-42-30-23-27-22-29(34(27,5)6)35(30,7)43-36/h25-27,29-31H,8-24H2,1-7H3,(H,37,40)(H,38,41)/t26-,27+,29+,30+,31-,35-/m0/s1. The van der Waals surface area contributed by atoms with Gasteiger partial charge in [-0.1, -0.05) is 92.9 Å². The number of rotatable bonds is 21. The fourth-order valence-corrected chi connectivity index (χ4v) is 7.89. The fourth-order valence-electron chi connectivity index (χ4n) is 7.89. The molecule has 7 nitrogen and oxygen atoms in total. The van der Waals surface area contributed by atoms with E-state index >= 15 is 0 Å². The highest BCUT2D eigenvalue weighted by Gasteiger charge is 2.68. The van der Waals surface area contributed by atoms with Crippen LogP contribution in [0.3, 0.4) is 0 Å². The van der Waals surface area contributed by atoms with E-state index in [0.29, 0.717) is 30.6 Å². The molecule has 3 saturated carbocycles. The second kappa shape index (κ2) is 16.8. The molecule has 1 heterocycles. The molecule has 43 heavy (non-hydrogen) atoms. The van der Waals surface area contributed by atoms with Crippen molar-refractivity contribution in [3.8, 4) is 0 Å². The van der Waals surface area contributed by atoms with Crippen LogP contribution in [0.2, 0.25) is 0 Å². The van der Waals surface area contributed by atoms with Gasteiger partial charge in [-0.15, -0.1) is 0 Å². The van der Waals surface area contributed by atoms with E-state index in [1.54, 1.807) is 0 Å². The lowest BCUT2D eigenvalue weighted by Gasteiger charge is -2.64. The monoisotopic (exact) mass is 602 g/mol. The SMILES string of the molecule is CCCCCCCCCC(=O)C[C@@H](CNC(=O)CCCCC)C(=O)N[C@@H](CC(C)C)B1O[C@@H]2C[C@H]3C[C@H](C3(C)C)[C@]2(C)O1. The Morgan fingerprint density at radius 2 is 1.51 bits per heavy atom. The van der Waals surface area contributed by atoms with Crippen LogP contribution >= 0.6 is 0 Å². The van der Waals surface area contributed by atoms with Crippen molar-refractivity contribution in [2.45, 2.75) is 169 Å². The Hall–Kier alpha value is -1.41. The van der Waals surface area contributed by atoms with Crippen molar-refractivity contribution < 1.29 is 23.7 Å². The first kappa shape index (κ1) is 36.1. The van der Waals surface area contributed by atoms with Crippen LogP contribution in [0.1, 0.15) is 151 Å². The third kappa shape index (κ3) is 9.79. The number of ketones is 1. The van der Waals surface area contributed by atoms with Crippen molar-refractivity contribution in [3.05, 3.63) is 0 Å². The summed E-state index contributed by atoms with van der Waals surface area (Å²) in [5.41, 5.74) is -0.0994. The highest BCUT2D eigenvalue weighted by molar-refractivity contribution is 6.47. The zero-order valence-corrected chi connectivity index (χ0v) is 28.6. The Balaban J connectivity index is 1.62. The summed E-state index contributed by atoms with van der Waals surface area (Å²) in [7, 11) is -0.510. The largest absolute Gasteiger partial charge is 0.481 e. The Morgan fingerprint density at radius 3 is 2.16 bits per heavy atom. The Bertz CT molecular complexity index is 911. The first-order valence-corrected chi connectivity index (χ1v) is 17.8. The van der Waals surface area contributed by atoms with E-state index in [2.05, 4.69) is 59.1 Å². The number of carbonyl (C=O) groups excluding carboxylic acids is 3.